The average Bonchev–Trinajstić information content (AvgIpc) is 2.85. The van der Waals surface area contributed by atoms with Gasteiger partial charge in [-0.15, -0.1) is 0 Å². The Morgan fingerprint density at radius 3 is 2.44 bits per heavy atom. The maximum Gasteiger partial charge on any atom is 0.321 e. The zero-order valence-electron chi connectivity index (χ0n) is 13.9. The second-order valence-corrected chi connectivity index (χ2v) is 6.62. The zero-order valence-corrected chi connectivity index (χ0v) is 14.7. The third kappa shape index (κ3) is 5.18. The van der Waals surface area contributed by atoms with E-state index in [1.54, 1.807) is 12.1 Å². The number of benzene rings is 2. The van der Waals surface area contributed by atoms with Crippen molar-refractivity contribution in [3.05, 3.63) is 64.9 Å². The van der Waals surface area contributed by atoms with Gasteiger partial charge >= 0.3 is 6.03 Å². The highest BCUT2D eigenvalue weighted by Gasteiger charge is 2.19. The van der Waals surface area contributed by atoms with Gasteiger partial charge in [0.25, 0.3) is 0 Å². The first-order valence-corrected chi connectivity index (χ1v) is 8.76. The molecule has 0 radical (unpaired) electrons. The number of hydrogen-bond donors (Lipinski definition) is 1. The summed E-state index contributed by atoms with van der Waals surface area (Å²) in [4.78, 5) is 16.5. The molecule has 2 aromatic carbocycles. The van der Waals surface area contributed by atoms with E-state index in [4.69, 9.17) is 11.6 Å². The van der Waals surface area contributed by atoms with Crippen molar-refractivity contribution in [3.63, 3.8) is 0 Å². The van der Waals surface area contributed by atoms with Crippen molar-refractivity contribution in [2.75, 3.05) is 31.5 Å². The molecule has 0 bridgehead atoms. The summed E-state index contributed by atoms with van der Waals surface area (Å²) < 4.78 is 12.9. The summed E-state index contributed by atoms with van der Waals surface area (Å²) in [5.74, 6) is -0.314. The Balaban J connectivity index is 1.52. The normalized spacial score (nSPS) is 15.7. The van der Waals surface area contributed by atoms with Crippen LogP contribution < -0.4 is 5.32 Å². The first kappa shape index (κ1) is 17.7. The minimum Gasteiger partial charge on any atom is -0.323 e. The van der Waals surface area contributed by atoms with Crippen molar-refractivity contribution >= 4 is 23.3 Å². The quantitative estimate of drug-likeness (QED) is 0.888. The van der Waals surface area contributed by atoms with E-state index in [0.29, 0.717) is 18.8 Å². The molecule has 0 saturated carbocycles. The number of nitrogens with one attached hydrogen (secondary N) is 1. The van der Waals surface area contributed by atoms with Gasteiger partial charge in [0.2, 0.25) is 0 Å². The van der Waals surface area contributed by atoms with Gasteiger partial charge in [0.05, 0.1) is 0 Å². The van der Waals surface area contributed by atoms with Crippen LogP contribution in [-0.2, 0) is 6.54 Å². The Morgan fingerprint density at radius 1 is 1.00 bits per heavy atom. The van der Waals surface area contributed by atoms with Gasteiger partial charge in [-0.1, -0.05) is 23.7 Å². The van der Waals surface area contributed by atoms with Crippen molar-refractivity contribution in [1.82, 2.24) is 9.80 Å². The molecule has 0 atom stereocenters. The SMILES string of the molecule is O=C(Nc1ccc(F)cc1)N1CCCN(Cc2ccc(Cl)cc2)CC1. The summed E-state index contributed by atoms with van der Waals surface area (Å²) >= 11 is 5.92. The number of nitrogens with zero attached hydrogens (tertiary/aromatic N) is 2. The summed E-state index contributed by atoms with van der Waals surface area (Å²) in [5, 5.41) is 3.56. The smallest absolute Gasteiger partial charge is 0.321 e. The molecule has 132 valence electrons. The Kier molecular flexibility index (Phi) is 5.89. The molecule has 6 heteroatoms. The maximum atomic E-state index is 12.9. The zero-order chi connectivity index (χ0) is 17.6. The van der Waals surface area contributed by atoms with Crippen LogP contribution >= 0.6 is 11.6 Å². The number of rotatable bonds is 3. The molecule has 0 spiro atoms. The number of hydrogen-bond acceptors (Lipinski definition) is 2. The van der Waals surface area contributed by atoms with Crippen LogP contribution in [0.1, 0.15) is 12.0 Å². The van der Waals surface area contributed by atoms with E-state index < -0.39 is 0 Å². The topological polar surface area (TPSA) is 35.6 Å². The van der Waals surface area contributed by atoms with E-state index >= 15 is 0 Å². The molecule has 1 heterocycles. The van der Waals surface area contributed by atoms with Crippen LogP contribution in [-0.4, -0.2) is 42.0 Å². The number of amides is 2. The molecule has 25 heavy (non-hydrogen) atoms. The second kappa shape index (κ2) is 8.32. The third-order valence-electron chi connectivity index (χ3n) is 4.29. The Labute approximate surface area is 152 Å². The first-order valence-electron chi connectivity index (χ1n) is 8.38. The van der Waals surface area contributed by atoms with E-state index in [1.807, 2.05) is 29.2 Å². The van der Waals surface area contributed by atoms with E-state index in [2.05, 4.69) is 10.2 Å². The van der Waals surface area contributed by atoms with E-state index in [0.717, 1.165) is 31.1 Å². The Hall–Kier alpha value is -2.11. The predicted molar refractivity (Wildman–Crippen MR) is 98.3 cm³/mol. The highest BCUT2D eigenvalue weighted by Crippen LogP contribution is 2.14. The predicted octanol–water partition coefficient (Wildman–Crippen LogP) is 4.22. The molecular weight excluding hydrogens is 341 g/mol. The maximum absolute atomic E-state index is 12.9. The van der Waals surface area contributed by atoms with Crippen LogP contribution in [0.15, 0.2) is 48.5 Å². The molecule has 4 nitrogen and oxygen atoms in total. The highest BCUT2D eigenvalue weighted by atomic mass is 35.5. The molecule has 1 saturated heterocycles. The van der Waals surface area contributed by atoms with Crippen molar-refractivity contribution in [3.8, 4) is 0 Å². The lowest BCUT2D eigenvalue weighted by atomic mass is 10.2. The number of halogens is 2. The van der Waals surface area contributed by atoms with E-state index in [9.17, 15) is 9.18 Å². The fourth-order valence-corrected chi connectivity index (χ4v) is 3.04. The van der Waals surface area contributed by atoms with Gasteiger partial charge in [0.1, 0.15) is 5.82 Å². The summed E-state index contributed by atoms with van der Waals surface area (Å²) in [6.07, 6.45) is 0.921. The van der Waals surface area contributed by atoms with Gasteiger partial charge in [-0.2, -0.15) is 0 Å². The summed E-state index contributed by atoms with van der Waals surface area (Å²) in [7, 11) is 0. The molecule has 0 aromatic heterocycles. The summed E-state index contributed by atoms with van der Waals surface area (Å²) in [6.45, 7) is 4.00. The minimum atomic E-state index is -0.314. The highest BCUT2D eigenvalue weighted by molar-refractivity contribution is 6.30. The van der Waals surface area contributed by atoms with Gasteiger partial charge in [0, 0.05) is 43.4 Å². The Morgan fingerprint density at radius 2 is 1.72 bits per heavy atom. The van der Waals surface area contributed by atoms with Gasteiger partial charge in [-0.3, -0.25) is 4.90 Å². The summed E-state index contributed by atoms with van der Waals surface area (Å²) in [6, 6.07) is 13.5. The van der Waals surface area contributed by atoms with Crippen LogP contribution in [0.2, 0.25) is 5.02 Å². The van der Waals surface area contributed by atoms with Crippen LogP contribution in [0.5, 0.6) is 0 Å². The van der Waals surface area contributed by atoms with Crippen molar-refractivity contribution in [2.24, 2.45) is 0 Å². The standard InChI is InChI=1S/C19H21ClFN3O/c20-16-4-2-15(3-5-16)14-23-10-1-11-24(13-12-23)19(25)22-18-8-6-17(21)7-9-18/h2-9H,1,10-14H2,(H,22,25). The van der Waals surface area contributed by atoms with Crippen molar-refractivity contribution in [2.45, 2.75) is 13.0 Å². The number of carbonyl (C=O) groups is 1. The molecule has 3 rings (SSSR count). The monoisotopic (exact) mass is 361 g/mol. The molecule has 1 aliphatic rings. The van der Waals surface area contributed by atoms with Crippen LogP contribution in [0.25, 0.3) is 0 Å². The third-order valence-corrected chi connectivity index (χ3v) is 4.54. The van der Waals surface area contributed by atoms with E-state index in [1.165, 1.54) is 17.7 Å². The molecular formula is C19H21ClFN3O. The van der Waals surface area contributed by atoms with Crippen LogP contribution in [0.4, 0.5) is 14.9 Å². The fourth-order valence-electron chi connectivity index (χ4n) is 2.92. The fraction of sp³-hybridized carbons (Fsp3) is 0.316. The largest absolute Gasteiger partial charge is 0.323 e. The molecule has 2 amide bonds. The lowest BCUT2D eigenvalue weighted by Gasteiger charge is -2.22. The minimum absolute atomic E-state index is 0.139. The van der Waals surface area contributed by atoms with Gasteiger partial charge in [0.15, 0.2) is 0 Å². The van der Waals surface area contributed by atoms with Crippen LogP contribution in [0.3, 0.4) is 0 Å². The van der Waals surface area contributed by atoms with E-state index in [-0.39, 0.29) is 11.8 Å². The number of urea groups is 1. The number of anilines is 1. The van der Waals surface area contributed by atoms with Gasteiger partial charge < -0.3 is 10.2 Å². The second-order valence-electron chi connectivity index (χ2n) is 6.18. The first-order chi connectivity index (χ1) is 12.1. The number of carbonyl (C=O) groups excluding carboxylic acids is 1. The molecule has 1 aliphatic heterocycles. The molecule has 1 N–H and O–H groups in total. The lowest BCUT2D eigenvalue weighted by molar-refractivity contribution is 0.211. The molecule has 2 aromatic rings. The van der Waals surface area contributed by atoms with Gasteiger partial charge in [-0.05, 0) is 48.4 Å². The molecule has 0 unspecified atom stereocenters. The van der Waals surface area contributed by atoms with Crippen molar-refractivity contribution < 1.29 is 9.18 Å². The molecule has 1 fully saturated rings. The van der Waals surface area contributed by atoms with Crippen LogP contribution in [0, 0.1) is 5.82 Å². The Bertz CT molecular complexity index is 706. The summed E-state index contributed by atoms with van der Waals surface area (Å²) in [5.41, 5.74) is 1.82. The lowest BCUT2D eigenvalue weighted by Crippen LogP contribution is -2.38. The van der Waals surface area contributed by atoms with Crippen molar-refractivity contribution in [1.29, 1.82) is 0 Å². The van der Waals surface area contributed by atoms with Gasteiger partial charge in [-0.25, -0.2) is 9.18 Å². The average molecular weight is 362 g/mol. The molecule has 0 aliphatic carbocycles.